The van der Waals surface area contributed by atoms with Crippen LogP contribution < -0.4 is 5.32 Å². The lowest BCUT2D eigenvalue weighted by Crippen LogP contribution is -2.08. The fourth-order valence-electron chi connectivity index (χ4n) is 2.00. The van der Waals surface area contributed by atoms with Gasteiger partial charge in [0.1, 0.15) is 0 Å². The smallest absolute Gasteiger partial charge is 0.231 e. The van der Waals surface area contributed by atoms with Crippen molar-refractivity contribution in [3.63, 3.8) is 0 Å². The molecule has 5 heteroatoms. The van der Waals surface area contributed by atoms with Gasteiger partial charge in [0, 0.05) is 18.5 Å². The molecule has 0 bridgehead atoms. The fraction of sp³-hybridized carbons (Fsp3) is 0.357. The summed E-state index contributed by atoms with van der Waals surface area (Å²) in [4.78, 5) is 15.6. The molecule has 1 amide bonds. The van der Waals surface area contributed by atoms with Crippen LogP contribution in [0.25, 0.3) is 0 Å². The molecule has 1 heterocycles. The van der Waals surface area contributed by atoms with Crippen LogP contribution in [0.2, 0.25) is 0 Å². The fourth-order valence-corrected chi connectivity index (χ4v) is 2.00. The highest BCUT2D eigenvalue weighted by atomic mass is 16.5. The average Bonchev–Trinajstić information content (AvgIpc) is 3.12. The molecule has 1 aromatic heterocycles. The van der Waals surface area contributed by atoms with Crippen molar-refractivity contribution in [3.05, 3.63) is 41.5 Å². The molecule has 1 aromatic carbocycles. The summed E-state index contributed by atoms with van der Waals surface area (Å²) in [5.41, 5.74) is 1.77. The minimum atomic E-state index is -0.0864. The van der Waals surface area contributed by atoms with E-state index in [-0.39, 0.29) is 5.91 Å². The van der Waals surface area contributed by atoms with Gasteiger partial charge in [0.25, 0.3) is 0 Å². The van der Waals surface area contributed by atoms with Crippen molar-refractivity contribution in [1.82, 2.24) is 10.1 Å². The van der Waals surface area contributed by atoms with E-state index in [9.17, 15) is 4.79 Å². The molecule has 0 unspecified atom stereocenters. The molecule has 1 aliphatic rings. The molecule has 1 N–H and O–H groups in total. The number of nitrogens with one attached hydrogen (secondary N) is 1. The summed E-state index contributed by atoms with van der Waals surface area (Å²) in [5.74, 6) is 1.81. The van der Waals surface area contributed by atoms with Crippen LogP contribution in [-0.2, 0) is 11.2 Å². The summed E-state index contributed by atoms with van der Waals surface area (Å²) in [6.45, 7) is 1.49. The minimum Gasteiger partial charge on any atom is -0.339 e. The summed E-state index contributed by atoms with van der Waals surface area (Å²) in [6.07, 6.45) is 2.85. The first-order chi connectivity index (χ1) is 9.22. The van der Waals surface area contributed by atoms with Gasteiger partial charge in [0.2, 0.25) is 11.8 Å². The molecule has 0 spiro atoms. The lowest BCUT2D eigenvalue weighted by molar-refractivity contribution is -0.114. The van der Waals surface area contributed by atoms with Gasteiger partial charge in [0.05, 0.1) is 6.42 Å². The van der Waals surface area contributed by atoms with Crippen LogP contribution in [0.1, 0.15) is 43.0 Å². The number of aromatic nitrogens is 2. The average molecular weight is 257 g/mol. The molecule has 5 nitrogen and oxygen atoms in total. The zero-order valence-electron chi connectivity index (χ0n) is 10.7. The molecule has 0 atom stereocenters. The Labute approximate surface area is 111 Å². The number of carbonyl (C=O) groups is 1. The lowest BCUT2D eigenvalue weighted by atomic mass is 10.1. The van der Waals surface area contributed by atoms with Crippen LogP contribution in [0, 0.1) is 0 Å². The van der Waals surface area contributed by atoms with Crippen LogP contribution in [-0.4, -0.2) is 16.0 Å². The predicted octanol–water partition coefficient (Wildman–Crippen LogP) is 2.50. The molecule has 1 aliphatic carbocycles. The molecule has 0 radical (unpaired) electrons. The van der Waals surface area contributed by atoms with E-state index in [2.05, 4.69) is 15.5 Å². The molecule has 1 saturated carbocycles. The first-order valence-electron chi connectivity index (χ1n) is 6.40. The summed E-state index contributed by atoms with van der Waals surface area (Å²) < 4.78 is 5.26. The summed E-state index contributed by atoms with van der Waals surface area (Å²) >= 11 is 0. The Hall–Kier alpha value is -2.17. The quantitative estimate of drug-likeness (QED) is 0.913. The maximum absolute atomic E-state index is 11.2. The Morgan fingerprint density at radius 3 is 2.95 bits per heavy atom. The zero-order chi connectivity index (χ0) is 13.2. The van der Waals surface area contributed by atoms with E-state index in [0.717, 1.165) is 29.9 Å². The number of rotatable bonds is 4. The van der Waals surface area contributed by atoms with Crippen molar-refractivity contribution in [3.8, 4) is 0 Å². The van der Waals surface area contributed by atoms with Gasteiger partial charge in [-0.3, -0.25) is 4.79 Å². The van der Waals surface area contributed by atoms with Gasteiger partial charge in [-0.2, -0.15) is 4.98 Å². The highest BCUT2D eigenvalue weighted by Crippen LogP contribution is 2.38. The van der Waals surface area contributed by atoms with Gasteiger partial charge in [0.15, 0.2) is 5.82 Å². The van der Waals surface area contributed by atoms with E-state index in [1.54, 1.807) is 0 Å². The molecular weight excluding hydrogens is 242 g/mol. The molecule has 0 aliphatic heterocycles. The standard InChI is InChI=1S/C14H15N3O2/c1-9(18)15-12-5-3-2-4-11(12)8-13-16-14(17-19-13)10-6-7-10/h2-5,10H,6-8H2,1H3,(H,15,18). The van der Waals surface area contributed by atoms with Crippen LogP contribution >= 0.6 is 0 Å². The topological polar surface area (TPSA) is 68.0 Å². The predicted molar refractivity (Wildman–Crippen MR) is 69.8 cm³/mol. The van der Waals surface area contributed by atoms with Crippen LogP contribution in [0.15, 0.2) is 28.8 Å². The maximum Gasteiger partial charge on any atom is 0.231 e. The molecule has 0 saturated heterocycles. The first-order valence-corrected chi connectivity index (χ1v) is 6.40. The third-order valence-electron chi connectivity index (χ3n) is 3.10. The summed E-state index contributed by atoms with van der Waals surface area (Å²) in [7, 11) is 0. The first kappa shape index (κ1) is 11.9. The Morgan fingerprint density at radius 2 is 2.21 bits per heavy atom. The number of carbonyl (C=O) groups excluding carboxylic acids is 1. The van der Waals surface area contributed by atoms with Gasteiger partial charge in [-0.1, -0.05) is 23.4 Å². The van der Waals surface area contributed by atoms with Crippen molar-refractivity contribution >= 4 is 11.6 Å². The van der Waals surface area contributed by atoms with E-state index in [0.29, 0.717) is 18.2 Å². The van der Waals surface area contributed by atoms with Crippen LogP contribution in [0.4, 0.5) is 5.69 Å². The lowest BCUT2D eigenvalue weighted by Gasteiger charge is -2.07. The van der Waals surface area contributed by atoms with Gasteiger partial charge >= 0.3 is 0 Å². The molecule has 98 valence electrons. The second-order valence-electron chi connectivity index (χ2n) is 4.84. The van der Waals surface area contributed by atoms with E-state index >= 15 is 0 Å². The van der Waals surface area contributed by atoms with Crippen molar-refractivity contribution in [2.75, 3.05) is 5.32 Å². The minimum absolute atomic E-state index is 0.0864. The Bertz CT molecular complexity index is 602. The van der Waals surface area contributed by atoms with E-state index in [1.807, 2.05) is 24.3 Å². The third-order valence-corrected chi connectivity index (χ3v) is 3.10. The molecule has 3 rings (SSSR count). The number of para-hydroxylation sites is 1. The Kier molecular flexibility index (Phi) is 3.03. The van der Waals surface area contributed by atoms with Crippen LogP contribution in [0.5, 0.6) is 0 Å². The maximum atomic E-state index is 11.2. The van der Waals surface area contributed by atoms with Gasteiger partial charge in [-0.15, -0.1) is 0 Å². The monoisotopic (exact) mass is 257 g/mol. The molecule has 19 heavy (non-hydrogen) atoms. The number of hydrogen-bond acceptors (Lipinski definition) is 4. The number of amides is 1. The van der Waals surface area contributed by atoms with Crippen molar-refractivity contribution < 1.29 is 9.32 Å². The molecule has 1 fully saturated rings. The largest absolute Gasteiger partial charge is 0.339 e. The normalized spacial score (nSPS) is 14.4. The number of hydrogen-bond donors (Lipinski definition) is 1. The van der Waals surface area contributed by atoms with Crippen molar-refractivity contribution in [2.45, 2.75) is 32.1 Å². The van der Waals surface area contributed by atoms with Crippen LogP contribution in [0.3, 0.4) is 0 Å². The van der Waals surface area contributed by atoms with Crippen molar-refractivity contribution in [2.24, 2.45) is 0 Å². The second kappa shape index (κ2) is 4.84. The summed E-state index contributed by atoms with van der Waals surface area (Å²) in [6, 6.07) is 7.64. The van der Waals surface area contributed by atoms with Crippen molar-refractivity contribution in [1.29, 1.82) is 0 Å². The van der Waals surface area contributed by atoms with Gasteiger partial charge < -0.3 is 9.84 Å². The Morgan fingerprint density at radius 1 is 1.42 bits per heavy atom. The van der Waals surface area contributed by atoms with E-state index in [1.165, 1.54) is 6.92 Å². The third kappa shape index (κ3) is 2.81. The highest BCUT2D eigenvalue weighted by Gasteiger charge is 2.28. The number of nitrogens with zero attached hydrogens (tertiary/aromatic N) is 2. The zero-order valence-corrected chi connectivity index (χ0v) is 10.7. The van der Waals surface area contributed by atoms with Gasteiger partial charge in [-0.05, 0) is 24.5 Å². The SMILES string of the molecule is CC(=O)Nc1ccccc1Cc1nc(C2CC2)no1. The van der Waals surface area contributed by atoms with Gasteiger partial charge in [-0.25, -0.2) is 0 Å². The highest BCUT2D eigenvalue weighted by molar-refractivity contribution is 5.89. The second-order valence-corrected chi connectivity index (χ2v) is 4.84. The molecule has 2 aromatic rings. The van der Waals surface area contributed by atoms with E-state index in [4.69, 9.17) is 4.52 Å². The summed E-state index contributed by atoms with van der Waals surface area (Å²) in [5, 5.41) is 6.80. The Balaban J connectivity index is 1.79. The van der Waals surface area contributed by atoms with E-state index < -0.39 is 0 Å². The number of benzene rings is 1. The number of anilines is 1. The molecular formula is C14H15N3O2.